The van der Waals surface area contributed by atoms with E-state index < -0.39 is 0 Å². The molecule has 1 N–H and O–H groups in total. The summed E-state index contributed by atoms with van der Waals surface area (Å²) in [5.41, 5.74) is 6.61. The first-order valence-electron chi connectivity index (χ1n) is 9.35. The van der Waals surface area contributed by atoms with Crippen LogP contribution < -0.4 is 5.56 Å². The number of nitrogens with zero attached hydrogens (tertiary/aromatic N) is 3. The molecule has 0 aliphatic rings. The zero-order valence-electron chi connectivity index (χ0n) is 16.3. The van der Waals surface area contributed by atoms with E-state index in [1.807, 2.05) is 24.6 Å². The molecule has 5 rings (SSSR count). The highest BCUT2D eigenvalue weighted by Crippen LogP contribution is 2.42. The maximum atomic E-state index is 13.7. The van der Waals surface area contributed by atoms with Gasteiger partial charge in [0.25, 0.3) is 5.56 Å². The molecular weight excluding hydrogens is 367 g/mol. The van der Waals surface area contributed by atoms with Crippen LogP contribution in [0.1, 0.15) is 5.56 Å². The molecule has 5 aromatic rings. The Morgan fingerprint density at radius 1 is 0.966 bits per heavy atom. The van der Waals surface area contributed by atoms with Gasteiger partial charge in [-0.2, -0.15) is 5.10 Å². The van der Waals surface area contributed by atoms with Crippen LogP contribution >= 0.6 is 0 Å². The lowest BCUT2D eigenvalue weighted by Crippen LogP contribution is -2.16. The molecule has 0 aliphatic heterocycles. The van der Waals surface area contributed by atoms with Gasteiger partial charge in [0.15, 0.2) is 0 Å². The summed E-state index contributed by atoms with van der Waals surface area (Å²) in [6.07, 6.45) is 1.79. The molecule has 0 fully saturated rings. The Morgan fingerprint density at radius 3 is 2.41 bits per heavy atom. The van der Waals surface area contributed by atoms with Crippen LogP contribution in [0.5, 0.6) is 0 Å². The molecule has 0 radical (unpaired) electrons. The Balaban J connectivity index is 2.02. The summed E-state index contributed by atoms with van der Waals surface area (Å²) in [5, 5.41) is 9.28. The lowest BCUT2D eigenvalue weighted by Gasteiger charge is -2.12. The molecule has 6 heteroatoms. The summed E-state index contributed by atoms with van der Waals surface area (Å²) in [5.74, 6) is -0.277. The van der Waals surface area contributed by atoms with Gasteiger partial charge < -0.3 is 4.57 Å². The monoisotopic (exact) mass is 386 g/mol. The van der Waals surface area contributed by atoms with Crippen LogP contribution in [-0.2, 0) is 14.1 Å². The molecule has 0 saturated heterocycles. The van der Waals surface area contributed by atoms with Crippen LogP contribution in [0.4, 0.5) is 4.39 Å². The summed E-state index contributed by atoms with van der Waals surface area (Å²) in [7, 11) is 3.74. The summed E-state index contributed by atoms with van der Waals surface area (Å²) < 4.78 is 17.3. The highest BCUT2D eigenvalue weighted by molar-refractivity contribution is 6.17. The van der Waals surface area contributed by atoms with Gasteiger partial charge in [-0.1, -0.05) is 18.2 Å². The van der Waals surface area contributed by atoms with E-state index in [-0.39, 0.29) is 11.4 Å². The predicted octanol–water partition coefficient (Wildman–Crippen LogP) is 4.53. The fraction of sp³-hybridized carbons (Fsp3) is 0.130. The first-order valence-corrected chi connectivity index (χ1v) is 9.35. The molecule has 144 valence electrons. The van der Waals surface area contributed by atoms with Crippen molar-refractivity contribution in [3.05, 3.63) is 76.5 Å². The third kappa shape index (κ3) is 2.45. The van der Waals surface area contributed by atoms with E-state index in [4.69, 9.17) is 0 Å². The molecule has 5 nitrogen and oxygen atoms in total. The van der Waals surface area contributed by atoms with Crippen LogP contribution in [0.25, 0.3) is 44.3 Å². The summed E-state index contributed by atoms with van der Waals surface area (Å²) in [6, 6.07) is 14.1. The maximum Gasteiger partial charge on any atom is 0.251 e. The number of benzene rings is 2. The molecule has 0 unspecified atom stereocenters. The first kappa shape index (κ1) is 17.4. The van der Waals surface area contributed by atoms with E-state index in [9.17, 15) is 9.18 Å². The number of hydrogen-bond donors (Lipinski definition) is 1. The molecule has 0 amide bonds. The van der Waals surface area contributed by atoms with Gasteiger partial charge in [0.1, 0.15) is 11.5 Å². The van der Waals surface area contributed by atoms with Crippen molar-refractivity contribution in [1.82, 2.24) is 19.3 Å². The van der Waals surface area contributed by atoms with Gasteiger partial charge in [0.2, 0.25) is 0 Å². The lowest BCUT2D eigenvalue weighted by molar-refractivity contribution is 0.628. The minimum Gasteiger partial charge on any atom is -0.330 e. The van der Waals surface area contributed by atoms with Crippen molar-refractivity contribution in [2.75, 3.05) is 0 Å². The van der Waals surface area contributed by atoms with E-state index in [1.165, 1.54) is 12.1 Å². The Bertz CT molecular complexity index is 1450. The molecule has 3 heterocycles. The number of aryl methyl sites for hydroxylation is 3. The Labute approximate surface area is 166 Å². The fourth-order valence-electron chi connectivity index (χ4n) is 4.23. The van der Waals surface area contributed by atoms with Crippen LogP contribution in [0.3, 0.4) is 0 Å². The molecule has 29 heavy (non-hydrogen) atoms. The molecule has 3 aromatic heterocycles. The average Bonchev–Trinajstić information content (AvgIpc) is 3.26. The normalized spacial score (nSPS) is 11.6. The van der Waals surface area contributed by atoms with Crippen LogP contribution in [-0.4, -0.2) is 19.3 Å². The van der Waals surface area contributed by atoms with Gasteiger partial charge in [-0.3, -0.25) is 14.5 Å². The van der Waals surface area contributed by atoms with Gasteiger partial charge in [-0.05, 0) is 42.3 Å². The van der Waals surface area contributed by atoms with E-state index in [0.29, 0.717) is 0 Å². The van der Waals surface area contributed by atoms with Gasteiger partial charge >= 0.3 is 0 Å². The second-order valence-electron chi connectivity index (χ2n) is 7.34. The molecule has 2 aromatic carbocycles. The molecule has 0 aliphatic carbocycles. The van der Waals surface area contributed by atoms with Crippen molar-refractivity contribution in [3.63, 3.8) is 0 Å². The van der Waals surface area contributed by atoms with E-state index in [2.05, 4.69) is 22.3 Å². The molecule has 0 saturated carbocycles. The molecule has 0 bridgehead atoms. The van der Waals surface area contributed by atoms with Crippen molar-refractivity contribution < 1.29 is 4.39 Å². The number of halogens is 1. The Hall–Kier alpha value is -3.67. The second-order valence-corrected chi connectivity index (χ2v) is 7.34. The van der Waals surface area contributed by atoms with Crippen LogP contribution in [0.2, 0.25) is 0 Å². The maximum absolute atomic E-state index is 13.7. The largest absolute Gasteiger partial charge is 0.330 e. The van der Waals surface area contributed by atoms with Crippen LogP contribution in [0.15, 0.2) is 59.5 Å². The minimum atomic E-state index is -0.277. The highest BCUT2D eigenvalue weighted by atomic mass is 19.1. The lowest BCUT2D eigenvalue weighted by atomic mass is 9.92. The van der Waals surface area contributed by atoms with Gasteiger partial charge in [-0.25, -0.2) is 4.39 Å². The van der Waals surface area contributed by atoms with Gasteiger partial charge in [-0.15, -0.1) is 0 Å². The SMILES string of the molecule is Cc1cn[nH]c1-c1ccc2c(c1-c1ccc(F)cc1)c1ccc(=O)n(C)c1n2C. The number of hydrogen-bond acceptors (Lipinski definition) is 2. The number of nitrogens with one attached hydrogen (secondary N) is 1. The third-order valence-corrected chi connectivity index (χ3v) is 5.64. The van der Waals surface area contributed by atoms with Gasteiger partial charge in [0, 0.05) is 42.1 Å². The topological polar surface area (TPSA) is 55.6 Å². The van der Waals surface area contributed by atoms with E-state index in [0.717, 1.165) is 49.9 Å². The predicted molar refractivity (Wildman–Crippen MR) is 113 cm³/mol. The smallest absolute Gasteiger partial charge is 0.251 e. The average molecular weight is 386 g/mol. The van der Waals surface area contributed by atoms with Crippen LogP contribution in [0, 0.1) is 12.7 Å². The Morgan fingerprint density at radius 2 is 1.72 bits per heavy atom. The van der Waals surface area contributed by atoms with Crippen molar-refractivity contribution in [2.45, 2.75) is 6.92 Å². The number of fused-ring (bicyclic) bond motifs is 3. The fourth-order valence-corrected chi connectivity index (χ4v) is 4.23. The second kappa shape index (κ2) is 6.17. The third-order valence-electron chi connectivity index (χ3n) is 5.64. The minimum absolute atomic E-state index is 0.0589. The summed E-state index contributed by atoms with van der Waals surface area (Å²) >= 11 is 0. The zero-order chi connectivity index (χ0) is 20.3. The van der Waals surface area contributed by atoms with Crippen molar-refractivity contribution in [2.24, 2.45) is 14.1 Å². The van der Waals surface area contributed by atoms with E-state index >= 15 is 0 Å². The number of rotatable bonds is 2. The number of H-pyrrole nitrogens is 1. The summed E-state index contributed by atoms with van der Waals surface area (Å²) in [4.78, 5) is 12.2. The number of pyridine rings is 1. The first-order chi connectivity index (χ1) is 14.0. The quantitative estimate of drug-likeness (QED) is 0.484. The number of aromatic amines is 1. The standard InChI is InChI=1S/C23H19FN4O/c1-13-12-25-26-22(13)16-8-10-18-21(20(16)14-4-6-15(24)7-5-14)17-9-11-19(29)28(3)23(17)27(18)2/h4-12H,1-3H3,(H,25,26). The highest BCUT2D eigenvalue weighted by Gasteiger charge is 2.20. The molecule has 0 atom stereocenters. The molecular formula is C23H19FN4O. The van der Waals surface area contributed by atoms with Crippen molar-refractivity contribution in [1.29, 1.82) is 0 Å². The summed E-state index contributed by atoms with van der Waals surface area (Å²) in [6.45, 7) is 2.00. The van der Waals surface area contributed by atoms with Gasteiger partial charge in [0.05, 0.1) is 17.4 Å². The zero-order valence-corrected chi connectivity index (χ0v) is 16.3. The van der Waals surface area contributed by atoms with Crippen molar-refractivity contribution >= 4 is 21.9 Å². The Kier molecular flexibility index (Phi) is 3.71. The van der Waals surface area contributed by atoms with Crippen molar-refractivity contribution in [3.8, 4) is 22.4 Å². The van der Waals surface area contributed by atoms with E-state index in [1.54, 1.807) is 36.0 Å². The molecule has 0 spiro atoms. The number of aromatic nitrogens is 4.